The van der Waals surface area contributed by atoms with Gasteiger partial charge in [-0.1, -0.05) is 135 Å². The molecular weight excluding hydrogens is 585 g/mol. The van der Waals surface area contributed by atoms with Gasteiger partial charge in [0.2, 0.25) is 0 Å². The molecule has 0 aromatic heterocycles. The molecule has 0 radical (unpaired) electrons. The number of fused-ring (bicyclic) bond motifs is 3. The lowest BCUT2D eigenvalue weighted by atomic mass is 9.95. The molecule has 0 spiro atoms. The van der Waals surface area contributed by atoms with E-state index < -0.39 is 6.17 Å². The lowest BCUT2D eigenvalue weighted by Crippen LogP contribution is -2.41. The molecule has 0 aliphatic heterocycles. The Kier molecular flexibility index (Phi) is 10.5. The molecule has 6 N–H and O–H groups in total. The highest BCUT2D eigenvalue weighted by Gasteiger charge is 2.20. The minimum absolute atomic E-state index is 0.0764. The summed E-state index contributed by atoms with van der Waals surface area (Å²) in [4.78, 5) is 0. The first kappa shape index (κ1) is 32.9. The van der Waals surface area contributed by atoms with E-state index >= 15 is 0 Å². The molecule has 0 aliphatic carbocycles. The fourth-order valence-electron chi connectivity index (χ4n) is 6.54. The Labute approximate surface area is 284 Å². The maximum atomic E-state index is 6.95. The van der Waals surface area contributed by atoms with Gasteiger partial charge in [-0.3, -0.25) is 10.6 Å². The highest BCUT2D eigenvalue weighted by Crippen LogP contribution is 2.30. The molecule has 242 valence electrons. The van der Waals surface area contributed by atoms with Crippen LogP contribution in [-0.2, 0) is 12.8 Å². The van der Waals surface area contributed by atoms with Crippen LogP contribution in [-0.4, -0.2) is 0 Å². The minimum atomic E-state index is -0.400. The van der Waals surface area contributed by atoms with Crippen molar-refractivity contribution in [2.75, 3.05) is 5.73 Å². The van der Waals surface area contributed by atoms with Crippen molar-refractivity contribution in [3.8, 4) is 0 Å². The van der Waals surface area contributed by atoms with Gasteiger partial charge in [-0.05, 0) is 104 Å². The van der Waals surface area contributed by atoms with Gasteiger partial charge < -0.3 is 11.5 Å². The van der Waals surface area contributed by atoms with E-state index in [0.717, 1.165) is 35.0 Å². The van der Waals surface area contributed by atoms with Crippen LogP contribution in [0.1, 0.15) is 67.0 Å². The molecule has 48 heavy (non-hydrogen) atoms. The quantitative estimate of drug-likeness (QED) is 0.0896. The van der Waals surface area contributed by atoms with Crippen molar-refractivity contribution in [3.63, 3.8) is 0 Å². The highest BCUT2D eigenvalue weighted by molar-refractivity contribution is 5.90. The third kappa shape index (κ3) is 7.42. The zero-order valence-corrected chi connectivity index (χ0v) is 28.2. The van der Waals surface area contributed by atoms with E-state index in [4.69, 9.17) is 11.5 Å². The zero-order chi connectivity index (χ0) is 33.5. The maximum Gasteiger partial charge on any atom is 0.0854 e. The largest absolute Gasteiger partial charge is 0.398 e. The van der Waals surface area contributed by atoms with E-state index in [-0.39, 0.29) is 12.2 Å². The minimum Gasteiger partial charge on any atom is -0.398 e. The molecule has 0 aliphatic rings. The predicted molar refractivity (Wildman–Crippen MR) is 206 cm³/mol. The van der Waals surface area contributed by atoms with Crippen molar-refractivity contribution >= 4 is 38.0 Å². The van der Waals surface area contributed by atoms with Crippen LogP contribution in [0.15, 0.2) is 146 Å². The number of anilines is 1. The number of nitrogen functional groups attached to an aromatic ring is 1. The summed E-state index contributed by atoms with van der Waals surface area (Å²) in [7, 11) is 0. The van der Waals surface area contributed by atoms with Gasteiger partial charge in [0, 0.05) is 11.7 Å². The fourth-order valence-corrected chi connectivity index (χ4v) is 6.54. The van der Waals surface area contributed by atoms with Gasteiger partial charge in [-0.25, -0.2) is 0 Å². The molecule has 4 heteroatoms. The topological polar surface area (TPSA) is 76.1 Å². The van der Waals surface area contributed by atoms with Gasteiger partial charge in [-0.15, -0.1) is 0 Å². The number of benzene rings is 7. The molecule has 0 saturated carbocycles. The smallest absolute Gasteiger partial charge is 0.0854 e. The molecule has 7 aromatic rings. The SMILES string of the molecule is CC.CC(NC(NC(N)c1ccc2c(CCc3ccccc3)c(N)ccc2c1)c1ccc2ccccc2c1)c1ccc2ccccc2c1. The summed E-state index contributed by atoms with van der Waals surface area (Å²) in [6.07, 6.45) is 1.24. The monoisotopic (exact) mass is 630 g/mol. The summed E-state index contributed by atoms with van der Waals surface area (Å²) in [5, 5.41) is 14.8. The summed E-state index contributed by atoms with van der Waals surface area (Å²) in [6.45, 7) is 6.21. The standard InChI is InChI=1S/C42H40N4.C2H6/c1-28(32-18-16-30-11-5-7-13-33(30)25-32)45-42(37-19-17-31-12-6-8-14-34(31)26-37)46-41(44)36-20-23-38-35(27-36)21-24-40(43)39(38)22-15-29-9-3-2-4-10-29;1-2/h2-14,16-21,23-28,41-42,45-46H,15,22,43-44H2,1H3;1-2H3. The highest BCUT2D eigenvalue weighted by atomic mass is 15.2. The summed E-state index contributed by atoms with van der Waals surface area (Å²) in [5.74, 6) is 0. The first-order valence-corrected chi connectivity index (χ1v) is 17.1. The number of hydrogen-bond donors (Lipinski definition) is 4. The van der Waals surface area contributed by atoms with Crippen LogP contribution in [0.2, 0.25) is 0 Å². The summed E-state index contributed by atoms with van der Waals surface area (Å²) in [5.41, 5.74) is 20.2. The third-order valence-electron chi connectivity index (χ3n) is 9.20. The van der Waals surface area contributed by atoms with Gasteiger partial charge >= 0.3 is 0 Å². The molecule has 7 aromatic carbocycles. The van der Waals surface area contributed by atoms with Crippen molar-refractivity contribution in [3.05, 3.63) is 173 Å². The predicted octanol–water partition coefficient (Wildman–Crippen LogP) is 10.1. The molecule has 3 unspecified atom stereocenters. The second kappa shape index (κ2) is 15.3. The van der Waals surface area contributed by atoms with Crippen molar-refractivity contribution in [2.24, 2.45) is 5.73 Å². The molecule has 4 nitrogen and oxygen atoms in total. The van der Waals surface area contributed by atoms with Crippen molar-refractivity contribution in [1.29, 1.82) is 0 Å². The van der Waals surface area contributed by atoms with E-state index in [0.29, 0.717) is 0 Å². The van der Waals surface area contributed by atoms with Gasteiger partial charge in [-0.2, -0.15) is 0 Å². The lowest BCUT2D eigenvalue weighted by Gasteiger charge is -2.29. The average Bonchev–Trinajstić information content (AvgIpc) is 3.14. The fraction of sp³-hybridized carbons (Fsp3) is 0.182. The van der Waals surface area contributed by atoms with E-state index in [1.54, 1.807) is 0 Å². The van der Waals surface area contributed by atoms with Gasteiger partial charge in [0.25, 0.3) is 0 Å². The Hall–Kier alpha value is -5.00. The first-order valence-electron chi connectivity index (χ1n) is 17.1. The normalized spacial score (nSPS) is 13.2. The lowest BCUT2D eigenvalue weighted by molar-refractivity contribution is 0.357. The number of aryl methyl sites for hydroxylation is 2. The summed E-state index contributed by atoms with van der Waals surface area (Å²) < 4.78 is 0. The number of hydrogen-bond acceptors (Lipinski definition) is 4. The summed E-state index contributed by atoms with van der Waals surface area (Å²) >= 11 is 0. The van der Waals surface area contributed by atoms with Crippen LogP contribution in [0.3, 0.4) is 0 Å². The maximum absolute atomic E-state index is 6.95. The molecule has 7 rings (SSSR count). The Balaban J connectivity index is 0.00000197. The molecule has 0 heterocycles. The number of rotatable bonds is 10. The Morgan fingerprint density at radius 2 is 1.06 bits per heavy atom. The molecule has 0 amide bonds. The Morgan fingerprint density at radius 3 is 1.75 bits per heavy atom. The van der Waals surface area contributed by atoms with E-state index in [9.17, 15) is 0 Å². The third-order valence-corrected chi connectivity index (χ3v) is 9.20. The van der Waals surface area contributed by atoms with E-state index in [1.807, 2.05) is 19.9 Å². The van der Waals surface area contributed by atoms with E-state index in [1.165, 1.54) is 43.6 Å². The second-order valence-corrected chi connectivity index (χ2v) is 12.3. The molecule has 3 atom stereocenters. The average molecular weight is 631 g/mol. The van der Waals surface area contributed by atoms with Crippen LogP contribution >= 0.6 is 0 Å². The van der Waals surface area contributed by atoms with E-state index in [2.05, 4.69) is 157 Å². The van der Waals surface area contributed by atoms with Crippen LogP contribution in [0.5, 0.6) is 0 Å². The number of nitrogens with two attached hydrogens (primary N) is 2. The molecule has 0 fully saturated rings. The van der Waals surface area contributed by atoms with Crippen molar-refractivity contribution in [1.82, 2.24) is 10.6 Å². The zero-order valence-electron chi connectivity index (χ0n) is 28.2. The van der Waals surface area contributed by atoms with Crippen LogP contribution < -0.4 is 22.1 Å². The van der Waals surface area contributed by atoms with Crippen LogP contribution in [0.4, 0.5) is 5.69 Å². The number of nitrogens with one attached hydrogen (secondary N) is 2. The molecular formula is C44H46N4. The Bertz CT molecular complexity index is 2120. The van der Waals surface area contributed by atoms with Crippen molar-refractivity contribution in [2.45, 2.75) is 52.0 Å². The summed E-state index contributed by atoms with van der Waals surface area (Å²) in [6, 6.07) is 51.6. The van der Waals surface area contributed by atoms with Gasteiger partial charge in [0.15, 0.2) is 0 Å². The van der Waals surface area contributed by atoms with Crippen LogP contribution in [0, 0.1) is 0 Å². The first-order chi connectivity index (χ1) is 23.5. The van der Waals surface area contributed by atoms with Gasteiger partial charge in [0.1, 0.15) is 0 Å². The Morgan fingerprint density at radius 1 is 0.521 bits per heavy atom. The molecule has 0 bridgehead atoms. The van der Waals surface area contributed by atoms with Crippen LogP contribution in [0.25, 0.3) is 32.3 Å². The molecule has 0 saturated heterocycles. The second-order valence-electron chi connectivity index (χ2n) is 12.3. The van der Waals surface area contributed by atoms with Gasteiger partial charge in [0.05, 0.1) is 12.3 Å². The van der Waals surface area contributed by atoms with Crippen molar-refractivity contribution < 1.29 is 0 Å².